The minimum atomic E-state index is -0.587. The summed E-state index contributed by atoms with van der Waals surface area (Å²) in [7, 11) is 1.50. The number of benzene rings is 2. The average molecular weight is 362 g/mol. The Labute approximate surface area is 154 Å². The summed E-state index contributed by atoms with van der Waals surface area (Å²) in [6, 6.07) is 12.9. The third kappa shape index (κ3) is 3.22. The molecule has 2 heterocycles. The maximum Gasteiger partial charge on any atom is 0.258 e. The summed E-state index contributed by atoms with van der Waals surface area (Å²) in [5.74, 6) is -0.109. The molecule has 0 saturated carbocycles. The van der Waals surface area contributed by atoms with Crippen molar-refractivity contribution in [1.29, 1.82) is 0 Å². The van der Waals surface area contributed by atoms with Crippen molar-refractivity contribution in [3.05, 3.63) is 78.5 Å². The molecule has 0 aliphatic heterocycles. The van der Waals surface area contributed by atoms with Crippen molar-refractivity contribution in [1.82, 2.24) is 14.4 Å². The normalized spacial score (nSPS) is 10.7. The first-order valence-electron chi connectivity index (χ1n) is 8.20. The number of nitrogens with one attached hydrogen (secondary N) is 1. The van der Waals surface area contributed by atoms with Crippen molar-refractivity contribution >= 4 is 17.4 Å². The van der Waals surface area contributed by atoms with Gasteiger partial charge in [0.2, 0.25) is 5.78 Å². The number of imidazole rings is 1. The number of ether oxygens (including phenoxy) is 1. The van der Waals surface area contributed by atoms with E-state index in [1.165, 1.54) is 25.3 Å². The van der Waals surface area contributed by atoms with Crippen LogP contribution in [-0.2, 0) is 0 Å². The smallest absolute Gasteiger partial charge is 0.258 e. The van der Waals surface area contributed by atoms with Crippen molar-refractivity contribution in [2.75, 3.05) is 12.4 Å². The molecule has 0 unspecified atom stereocenters. The minimum absolute atomic E-state index is 0.0399. The number of aromatic nitrogens is 3. The van der Waals surface area contributed by atoms with Crippen molar-refractivity contribution in [3.63, 3.8) is 0 Å². The molecule has 1 N–H and O–H groups in total. The molecule has 0 saturated heterocycles. The highest BCUT2D eigenvalue weighted by atomic mass is 19.1. The van der Waals surface area contributed by atoms with Crippen LogP contribution in [0.3, 0.4) is 0 Å². The first kappa shape index (κ1) is 16.7. The predicted molar refractivity (Wildman–Crippen MR) is 99.3 cm³/mol. The van der Waals surface area contributed by atoms with E-state index in [0.29, 0.717) is 22.9 Å². The summed E-state index contributed by atoms with van der Waals surface area (Å²) in [5.41, 5.74) is 1.85. The number of hydrogen-bond acceptors (Lipinski definition) is 4. The molecule has 0 aliphatic carbocycles. The molecule has 2 aromatic carbocycles. The Balaban J connectivity index is 1.70. The van der Waals surface area contributed by atoms with Crippen LogP contribution in [0.4, 0.5) is 10.1 Å². The Hall–Kier alpha value is -3.74. The third-order valence-corrected chi connectivity index (χ3v) is 4.10. The number of hydrogen-bond donors (Lipinski definition) is 1. The molecule has 4 aromatic rings. The second-order valence-corrected chi connectivity index (χ2v) is 5.80. The van der Waals surface area contributed by atoms with Gasteiger partial charge in [0.05, 0.1) is 24.1 Å². The van der Waals surface area contributed by atoms with Gasteiger partial charge in [-0.3, -0.25) is 9.20 Å². The van der Waals surface area contributed by atoms with Crippen LogP contribution < -0.4 is 10.1 Å². The van der Waals surface area contributed by atoms with Crippen LogP contribution in [0.2, 0.25) is 0 Å². The van der Waals surface area contributed by atoms with Crippen LogP contribution in [-0.4, -0.2) is 27.4 Å². The number of amides is 1. The molecule has 0 radical (unpaired) electrons. The predicted octanol–water partition coefficient (Wildman–Crippen LogP) is 3.80. The van der Waals surface area contributed by atoms with E-state index in [-0.39, 0.29) is 5.56 Å². The van der Waals surface area contributed by atoms with Gasteiger partial charge < -0.3 is 10.1 Å². The molecule has 0 atom stereocenters. The van der Waals surface area contributed by atoms with Gasteiger partial charge in [-0.2, -0.15) is 0 Å². The molecular formula is C20H15FN4O2. The lowest BCUT2D eigenvalue weighted by Crippen LogP contribution is -2.14. The highest BCUT2D eigenvalue weighted by Crippen LogP contribution is 2.30. The fraction of sp³-hybridized carbons (Fsp3) is 0.0500. The maximum absolute atomic E-state index is 13.9. The summed E-state index contributed by atoms with van der Waals surface area (Å²) in [5, 5.41) is 2.71. The number of carbonyl (C=O) groups excluding carboxylic acids is 1. The lowest BCUT2D eigenvalue weighted by molar-refractivity contribution is 0.102. The van der Waals surface area contributed by atoms with Gasteiger partial charge in [-0.25, -0.2) is 14.4 Å². The molecule has 27 heavy (non-hydrogen) atoms. The highest BCUT2D eigenvalue weighted by Gasteiger charge is 2.15. The van der Waals surface area contributed by atoms with E-state index in [0.717, 1.165) is 5.56 Å². The van der Waals surface area contributed by atoms with Crippen LogP contribution in [0.5, 0.6) is 5.75 Å². The number of rotatable bonds is 4. The van der Waals surface area contributed by atoms with Crippen molar-refractivity contribution in [3.8, 4) is 17.0 Å². The minimum Gasteiger partial charge on any atom is -0.495 e. The van der Waals surface area contributed by atoms with Crippen LogP contribution >= 0.6 is 0 Å². The summed E-state index contributed by atoms with van der Waals surface area (Å²) in [6.45, 7) is 0. The fourth-order valence-corrected chi connectivity index (χ4v) is 2.77. The van der Waals surface area contributed by atoms with Gasteiger partial charge in [0.15, 0.2) is 0 Å². The van der Waals surface area contributed by atoms with E-state index in [4.69, 9.17) is 4.74 Å². The van der Waals surface area contributed by atoms with Crippen LogP contribution in [0.1, 0.15) is 10.4 Å². The second-order valence-electron chi connectivity index (χ2n) is 5.80. The topological polar surface area (TPSA) is 68.5 Å². The zero-order chi connectivity index (χ0) is 18.8. The van der Waals surface area contributed by atoms with E-state index in [2.05, 4.69) is 15.3 Å². The zero-order valence-electron chi connectivity index (χ0n) is 14.4. The third-order valence-electron chi connectivity index (χ3n) is 4.10. The largest absolute Gasteiger partial charge is 0.495 e. The molecule has 0 bridgehead atoms. The zero-order valence-corrected chi connectivity index (χ0v) is 14.4. The number of carbonyl (C=O) groups is 1. The van der Waals surface area contributed by atoms with E-state index < -0.39 is 11.7 Å². The Morgan fingerprint density at radius 3 is 2.81 bits per heavy atom. The number of halogens is 1. The molecule has 7 heteroatoms. The van der Waals surface area contributed by atoms with Gasteiger partial charge in [0, 0.05) is 24.2 Å². The molecule has 0 aliphatic rings. The average Bonchev–Trinajstić information content (AvgIpc) is 3.12. The van der Waals surface area contributed by atoms with Crippen molar-refractivity contribution in [2.24, 2.45) is 0 Å². The Morgan fingerprint density at radius 1 is 1.19 bits per heavy atom. The van der Waals surface area contributed by atoms with Gasteiger partial charge in [-0.05, 0) is 36.4 Å². The van der Waals surface area contributed by atoms with Gasteiger partial charge in [-0.1, -0.05) is 12.1 Å². The van der Waals surface area contributed by atoms with Crippen LogP contribution in [0.25, 0.3) is 17.0 Å². The van der Waals surface area contributed by atoms with E-state index in [9.17, 15) is 9.18 Å². The second kappa shape index (κ2) is 6.87. The van der Waals surface area contributed by atoms with E-state index in [1.807, 2.05) is 24.5 Å². The molecule has 4 rings (SSSR count). The molecule has 0 spiro atoms. The number of fused-ring (bicyclic) bond motifs is 1. The van der Waals surface area contributed by atoms with Crippen molar-refractivity contribution < 1.29 is 13.9 Å². The first-order valence-corrected chi connectivity index (χ1v) is 8.20. The summed E-state index contributed by atoms with van der Waals surface area (Å²) in [6.07, 6.45) is 5.36. The Morgan fingerprint density at radius 2 is 2.04 bits per heavy atom. The molecule has 0 fully saturated rings. The standard InChI is InChI=1S/C20H15FN4O2/c1-27-18-8-7-13(17-12-25-10-4-9-22-20(25)24-17)11-16(18)23-19(26)14-5-2-3-6-15(14)21/h2-12H,1H3,(H,23,26). The van der Waals surface area contributed by atoms with Gasteiger partial charge in [-0.15, -0.1) is 0 Å². The van der Waals surface area contributed by atoms with Crippen LogP contribution in [0, 0.1) is 5.82 Å². The maximum atomic E-state index is 13.9. The number of anilines is 1. The summed E-state index contributed by atoms with van der Waals surface area (Å²) < 4.78 is 21.0. The Bertz CT molecular complexity index is 1110. The molecule has 6 nitrogen and oxygen atoms in total. The monoisotopic (exact) mass is 362 g/mol. The molecule has 2 aromatic heterocycles. The SMILES string of the molecule is COc1ccc(-c2cn3cccnc3n2)cc1NC(=O)c1ccccc1F. The number of nitrogens with zero attached hydrogens (tertiary/aromatic N) is 3. The Kier molecular flexibility index (Phi) is 4.25. The molecular weight excluding hydrogens is 347 g/mol. The molecule has 1 amide bonds. The number of methoxy groups -OCH3 is 1. The highest BCUT2D eigenvalue weighted by molar-refractivity contribution is 6.05. The molecule has 134 valence electrons. The van der Waals surface area contributed by atoms with Gasteiger partial charge in [0.25, 0.3) is 5.91 Å². The quantitative estimate of drug-likeness (QED) is 0.600. The van der Waals surface area contributed by atoms with Gasteiger partial charge >= 0.3 is 0 Å². The van der Waals surface area contributed by atoms with E-state index in [1.54, 1.807) is 28.8 Å². The van der Waals surface area contributed by atoms with E-state index >= 15 is 0 Å². The fourth-order valence-electron chi connectivity index (χ4n) is 2.77. The van der Waals surface area contributed by atoms with Gasteiger partial charge in [0.1, 0.15) is 11.6 Å². The van der Waals surface area contributed by atoms with Crippen LogP contribution in [0.15, 0.2) is 67.1 Å². The van der Waals surface area contributed by atoms with Crippen molar-refractivity contribution in [2.45, 2.75) is 0 Å². The lowest BCUT2D eigenvalue weighted by atomic mass is 10.1. The summed E-state index contributed by atoms with van der Waals surface area (Å²) >= 11 is 0. The summed E-state index contributed by atoms with van der Waals surface area (Å²) in [4.78, 5) is 21.1. The lowest BCUT2D eigenvalue weighted by Gasteiger charge is -2.12. The first-order chi connectivity index (χ1) is 13.2.